The zero-order chi connectivity index (χ0) is 20.8. The first-order chi connectivity index (χ1) is 13.9. The first kappa shape index (κ1) is 20.4. The van der Waals surface area contributed by atoms with Gasteiger partial charge in [-0.1, -0.05) is 36.4 Å². The van der Waals surface area contributed by atoms with Crippen LogP contribution in [0.3, 0.4) is 0 Å². The molecule has 2 N–H and O–H groups in total. The second kappa shape index (κ2) is 9.23. The maximum atomic E-state index is 12.6. The van der Waals surface area contributed by atoms with E-state index in [-0.39, 0.29) is 30.8 Å². The first-order valence-corrected chi connectivity index (χ1v) is 9.49. The van der Waals surface area contributed by atoms with Gasteiger partial charge in [0.25, 0.3) is 0 Å². The van der Waals surface area contributed by atoms with Crippen LogP contribution in [0.4, 0.5) is 0 Å². The predicted octanol–water partition coefficient (Wildman–Crippen LogP) is 2.30. The molecule has 7 heteroatoms. The van der Waals surface area contributed by atoms with E-state index in [4.69, 9.17) is 9.84 Å². The molecule has 1 aliphatic rings. The molecule has 0 spiro atoms. The summed E-state index contributed by atoms with van der Waals surface area (Å²) in [4.78, 5) is 37.0. The van der Waals surface area contributed by atoms with Gasteiger partial charge in [-0.15, -0.1) is 0 Å². The number of rotatable bonds is 7. The minimum Gasteiger partial charge on any atom is -0.482 e. The van der Waals surface area contributed by atoms with Crippen molar-refractivity contribution in [1.29, 1.82) is 0 Å². The summed E-state index contributed by atoms with van der Waals surface area (Å²) in [6, 6.07) is 14.6. The molecule has 1 unspecified atom stereocenters. The van der Waals surface area contributed by atoms with Crippen LogP contribution in [0.5, 0.6) is 5.75 Å². The van der Waals surface area contributed by atoms with Crippen molar-refractivity contribution in [1.82, 2.24) is 10.2 Å². The summed E-state index contributed by atoms with van der Waals surface area (Å²) in [5.74, 6) is -0.815. The third kappa shape index (κ3) is 5.34. The van der Waals surface area contributed by atoms with E-state index >= 15 is 0 Å². The average molecular weight is 396 g/mol. The predicted molar refractivity (Wildman–Crippen MR) is 106 cm³/mol. The van der Waals surface area contributed by atoms with Crippen LogP contribution in [0, 0.1) is 0 Å². The maximum absolute atomic E-state index is 12.6. The molecule has 29 heavy (non-hydrogen) atoms. The molecule has 7 nitrogen and oxygen atoms in total. The Kier molecular flexibility index (Phi) is 6.49. The van der Waals surface area contributed by atoms with E-state index in [0.717, 1.165) is 17.5 Å². The topological polar surface area (TPSA) is 95.9 Å². The second-order valence-electron chi connectivity index (χ2n) is 6.99. The van der Waals surface area contributed by atoms with Crippen molar-refractivity contribution in [2.45, 2.75) is 32.4 Å². The SMILES string of the molecule is CC(=O)N1CCc2ccccc2C1CC(=O)NCc1cccc(OCC(=O)O)c1. The quantitative estimate of drug-likeness (QED) is 0.749. The van der Waals surface area contributed by atoms with Gasteiger partial charge in [-0.2, -0.15) is 0 Å². The number of carboxylic acid groups (broad SMARTS) is 1. The number of amides is 2. The van der Waals surface area contributed by atoms with Crippen LogP contribution in [-0.4, -0.2) is 40.9 Å². The van der Waals surface area contributed by atoms with Crippen LogP contribution >= 0.6 is 0 Å². The number of benzene rings is 2. The fraction of sp³-hybridized carbons (Fsp3) is 0.318. The minimum atomic E-state index is -1.05. The minimum absolute atomic E-state index is 0.0411. The number of hydrogen-bond donors (Lipinski definition) is 2. The Morgan fingerprint density at radius 1 is 1.17 bits per heavy atom. The van der Waals surface area contributed by atoms with E-state index in [1.807, 2.05) is 30.3 Å². The Morgan fingerprint density at radius 2 is 1.97 bits per heavy atom. The fourth-order valence-corrected chi connectivity index (χ4v) is 3.59. The smallest absolute Gasteiger partial charge is 0.341 e. The lowest BCUT2D eigenvalue weighted by Gasteiger charge is -2.36. The number of carbonyl (C=O) groups is 3. The summed E-state index contributed by atoms with van der Waals surface area (Å²) in [6.45, 7) is 2.00. The van der Waals surface area contributed by atoms with E-state index in [1.165, 1.54) is 12.5 Å². The van der Waals surface area contributed by atoms with Gasteiger partial charge in [0, 0.05) is 20.0 Å². The molecule has 0 aliphatic carbocycles. The summed E-state index contributed by atoms with van der Waals surface area (Å²) in [7, 11) is 0. The molecule has 1 aliphatic heterocycles. The van der Waals surface area contributed by atoms with Gasteiger partial charge in [0.1, 0.15) is 5.75 Å². The molecule has 0 saturated carbocycles. The second-order valence-corrected chi connectivity index (χ2v) is 6.99. The van der Waals surface area contributed by atoms with Crippen molar-refractivity contribution >= 4 is 17.8 Å². The number of fused-ring (bicyclic) bond motifs is 1. The van der Waals surface area contributed by atoms with Gasteiger partial charge >= 0.3 is 5.97 Å². The Hall–Kier alpha value is -3.35. The monoisotopic (exact) mass is 396 g/mol. The zero-order valence-corrected chi connectivity index (χ0v) is 16.3. The summed E-state index contributed by atoms with van der Waals surface area (Å²) in [5.41, 5.74) is 2.99. The van der Waals surface area contributed by atoms with E-state index in [0.29, 0.717) is 12.3 Å². The van der Waals surface area contributed by atoms with Gasteiger partial charge in [0.2, 0.25) is 11.8 Å². The molecule has 0 saturated heterocycles. The summed E-state index contributed by atoms with van der Waals surface area (Å²) in [5, 5.41) is 11.6. The molecule has 152 valence electrons. The number of ether oxygens (including phenoxy) is 1. The molecule has 2 aromatic rings. The van der Waals surface area contributed by atoms with Gasteiger partial charge in [0.05, 0.1) is 12.5 Å². The molecule has 1 atom stereocenters. The third-order valence-electron chi connectivity index (χ3n) is 4.95. The lowest BCUT2D eigenvalue weighted by atomic mass is 9.90. The highest BCUT2D eigenvalue weighted by molar-refractivity contribution is 5.79. The number of aliphatic carboxylic acids is 1. The molecule has 1 heterocycles. The van der Waals surface area contributed by atoms with Crippen molar-refractivity contribution in [3.63, 3.8) is 0 Å². The zero-order valence-electron chi connectivity index (χ0n) is 16.3. The third-order valence-corrected chi connectivity index (χ3v) is 4.95. The number of carbonyl (C=O) groups excluding carboxylic acids is 2. The van der Waals surface area contributed by atoms with Gasteiger partial charge in [-0.05, 0) is 35.2 Å². The molecular formula is C22H24N2O5. The van der Waals surface area contributed by atoms with E-state index in [9.17, 15) is 14.4 Å². The maximum Gasteiger partial charge on any atom is 0.341 e. The number of carboxylic acids is 1. The molecular weight excluding hydrogens is 372 g/mol. The van der Waals surface area contributed by atoms with E-state index in [2.05, 4.69) is 5.32 Å². The van der Waals surface area contributed by atoms with Gasteiger partial charge in [-0.3, -0.25) is 9.59 Å². The molecule has 0 bridgehead atoms. The van der Waals surface area contributed by atoms with E-state index in [1.54, 1.807) is 23.1 Å². The van der Waals surface area contributed by atoms with Gasteiger partial charge < -0.3 is 20.1 Å². The lowest BCUT2D eigenvalue weighted by Crippen LogP contribution is -2.41. The van der Waals surface area contributed by atoms with Crippen LogP contribution in [0.2, 0.25) is 0 Å². The van der Waals surface area contributed by atoms with Crippen molar-refractivity contribution in [3.05, 3.63) is 65.2 Å². The molecule has 2 aromatic carbocycles. The normalized spacial score (nSPS) is 15.3. The van der Waals surface area contributed by atoms with E-state index < -0.39 is 12.6 Å². The highest BCUT2D eigenvalue weighted by Crippen LogP contribution is 2.32. The van der Waals surface area contributed by atoms with Crippen LogP contribution in [0.1, 0.15) is 36.1 Å². The standard InChI is InChI=1S/C22H24N2O5/c1-15(25)24-10-9-17-6-2-3-8-19(17)20(24)12-21(26)23-13-16-5-4-7-18(11-16)29-14-22(27)28/h2-8,11,20H,9-10,12-14H2,1H3,(H,23,26)(H,27,28). The largest absolute Gasteiger partial charge is 0.482 e. The molecule has 2 amide bonds. The number of hydrogen-bond acceptors (Lipinski definition) is 4. The summed E-state index contributed by atoms with van der Waals surface area (Å²) >= 11 is 0. The number of nitrogens with one attached hydrogen (secondary N) is 1. The Labute approximate surface area is 169 Å². The molecule has 0 aromatic heterocycles. The van der Waals surface area contributed by atoms with Crippen molar-refractivity contribution < 1.29 is 24.2 Å². The molecule has 0 radical (unpaired) electrons. The van der Waals surface area contributed by atoms with Crippen LogP contribution in [0.25, 0.3) is 0 Å². The highest BCUT2D eigenvalue weighted by Gasteiger charge is 2.30. The Morgan fingerprint density at radius 3 is 2.72 bits per heavy atom. The average Bonchev–Trinajstić information content (AvgIpc) is 2.71. The number of nitrogens with zero attached hydrogens (tertiary/aromatic N) is 1. The van der Waals surface area contributed by atoms with Crippen molar-refractivity contribution in [2.24, 2.45) is 0 Å². The van der Waals surface area contributed by atoms with Crippen molar-refractivity contribution in [3.8, 4) is 5.75 Å². The van der Waals surface area contributed by atoms with Crippen LogP contribution in [-0.2, 0) is 27.3 Å². The Balaban J connectivity index is 1.63. The summed E-state index contributed by atoms with van der Waals surface area (Å²) in [6.07, 6.45) is 0.975. The molecule has 0 fully saturated rings. The Bertz CT molecular complexity index is 912. The van der Waals surface area contributed by atoms with Crippen LogP contribution < -0.4 is 10.1 Å². The fourth-order valence-electron chi connectivity index (χ4n) is 3.59. The first-order valence-electron chi connectivity index (χ1n) is 9.49. The van der Waals surface area contributed by atoms with Gasteiger partial charge in [-0.25, -0.2) is 4.79 Å². The van der Waals surface area contributed by atoms with Crippen LogP contribution in [0.15, 0.2) is 48.5 Å². The van der Waals surface area contributed by atoms with Gasteiger partial charge in [0.15, 0.2) is 6.61 Å². The lowest BCUT2D eigenvalue weighted by molar-refractivity contribution is -0.139. The summed E-state index contributed by atoms with van der Waals surface area (Å²) < 4.78 is 5.16. The molecule has 3 rings (SSSR count). The van der Waals surface area contributed by atoms with Crippen molar-refractivity contribution in [2.75, 3.05) is 13.2 Å². The highest BCUT2D eigenvalue weighted by atomic mass is 16.5.